The van der Waals surface area contributed by atoms with E-state index in [1.807, 2.05) is 13.0 Å². The summed E-state index contributed by atoms with van der Waals surface area (Å²) in [6, 6.07) is 3.11. The van der Waals surface area contributed by atoms with E-state index in [0.717, 1.165) is 29.6 Å². The number of hydrogen-bond acceptors (Lipinski definition) is 1. The van der Waals surface area contributed by atoms with Crippen LogP contribution in [0.1, 0.15) is 37.4 Å². The maximum absolute atomic E-state index is 14.6. The van der Waals surface area contributed by atoms with E-state index in [0.29, 0.717) is 22.4 Å². The number of carbonyl (C=O) groups excluding carboxylic acids is 1. The molecule has 5 heteroatoms. The van der Waals surface area contributed by atoms with Crippen LogP contribution in [0.15, 0.2) is 18.2 Å². The number of rotatable bonds is 2. The number of aromatic amines is 1. The quantitative estimate of drug-likeness (QED) is 0.782. The van der Waals surface area contributed by atoms with Gasteiger partial charge in [0.25, 0.3) is 5.91 Å². The first-order valence-electron chi connectivity index (χ1n) is 7.90. The minimum atomic E-state index is -0.296. The Kier molecular flexibility index (Phi) is 4.64. The Morgan fingerprint density at radius 2 is 2.25 bits per heavy atom. The highest BCUT2D eigenvalue weighted by Crippen LogP contribution is 2.38. The Morgan fingerprint density at radius 3 is 3.00 bits per heavy atom. The number of carbonyl (C=O) groups is 1. The molecule has 2 N–H and O–H groups in total. The molecule has 3 nitrogen and oxygen atoms in total. The smallest absolute Gasteiger partial charge is 0.296 e. The summed E-state index contributed by atoms with van der Waals surface area (Å²) in [7, 11) is 0. The Labute approximate surface area is 145 Å². The van der Waals surface area contributed by atoms with Gasteiger partial charge in [0.15, 0.2) is 0 Å². The highest BCUT2D eigenvalue weighted by Gasteiger charge is 2.23. The average Bonchev–Trinajstić information content (AvgIpc) is 2.83. The number of hydrogen-bond donors (Lipinski definition) is 2. The zero-order valence-electron chi connectivity index (χ0n) is 13.6. The largest absolute Gasteiger partial charge is 0.357 e. The molecule has 0 spiro atoms. The summed E-state index contributed by atoms with van der Waals surface area (Å²) in [6.07, 6.45) is 4.19. The number of aryl methyl sites for hydroxylation is 1. The van der Waals surface area contributed by atoms with Crippen LogP contribution in [-0.2, 0) is 4.79 Å². The van der Waals surface area contributed by atoms with Crippen LogP contribution in [-0.4, -0.2) is 16.9 Å². The maximum atomic E-state index is 14.6. The van der Waals surface area contributed by atoms with Crippen molar-refractivity contribution in [2.24, 2.45) is 0 Å². The van der Waals surface area contributed by atoms with Crippen LogP contribution in [0, 0.1) is 24.6 Å². The van der Waals surface area contributed by atoms with Gasteiger partial charge in [-0.25, -0.2) is 4.39 Å². The Bertz CT molecular complexity index is 901. The van der Waals surface area contributed by atoms with Crippen molar-refractivity contribution in [3.63, 3.8) is 0 Å². The van der Waals surface area contributed by atoms with Crippen LogP contribution >= 0.6 is 11.6 Å². The molecule has 3 rings (SSSR count). The molecule has 1 heterocycles. The molecule has 24 heavy (non-hydrogen) atoms. The second kappa shape index (κ2) is 6.70. The summed E-state index contributed by atoms with van der Waals surface area (Å²) in [5.41, 5.74) is 3.04. The number of fused-ring (bicyclic) bond motifs is 1. The van der Waals surface area contributed by atoms with Crippen molar-refractivity contribution in [3.05, 3.63) is 40.3 Å². The van der Waals surface area contributed by atoms with Crippen LogP contribution in [0.2, 0.25) is 5.02 Å². The van der Waals surface area contributed by atoms with Gasteiger partial charge in [-0.1, -0.05) is 23.6 Å². The summed E-state index contributed by atoms with van der Waals surface area (Å²) < 4.78 is 14.6. The minimum absolute atomic E-state index is 0.0492. The number of nitrogens with one attached hydrogen (secondary N) is 2. The van der Waals surface area contributed by atoms with Crippen molar-refractivity contribution in [1.29, 1.82) is 0 Å². The van der Waals surface area contributed by atoms with Gasteiger partial charge in [0.1, 0.15) is 5.82 Å². The first-order chi connectivity index (χ1) is 11.5. The number of allylic oxidation sites excluding steroid dienone is 1. The maximum Gasteiger partial charge on any atom is 0.296 e. The van der Waals surface area contributed by atoms with E-state index in [1.54, 1.807) is 13.0 Å². The third kappa shape index (κ3) is 3.05. The third-order valence-electron chi connectivity index (χ3n) is 4.29. The van der Waals surface area contributed by atoms with Crippen molar-refractivity contribution in [2.45, 2.75) is 39.2 Å². The second-order valence-corrected chi connectivity index (χ2v) is 6.34. The van der Waals surface area contributed by atoms with Gasteiger partial charge in [-0.2, -0.15) is 0 Å². The van der Waals surface area contributed by atoms with Crippen LogP contribution in [0.5, 0.6) is 0 Å². The standard InChI is InChI=1S/C19H18ClFN2O/c1-3-5-16(24)23-13-7-4-6-12(10-13)17-14(21)8-9-15-18(17)19(20)11(2)22-15/h6,8-9,13,22H,4,7,10H2,1-2H3,(H,23,24). The molecule has 2 aromatic rings. The van der Waals surface area contributed by atoms with E-state index in [4.69, 9.17) is 11.6 Å². The number of benzene rings is 1. The molecular formula is C19H18ClFN2O. The van der Waals surface area contributed by atoms with E-state index in [9.17, 15) is 9.18 Å². The monoisotopic (exact) mass is 344 g/mol. The molecule has 0 fully saturated rings. The van der Waals surface area contributed by atoms with Gasteiger partial charge in [0.2, 0.25) is 0 Å². The predicted octanol–water partition coefficient (Wildman–Crippen LogP) is 4.34. The first kappa shape index (κ1) is 16.6. The van der Waals surface area contributed by atoms with Crippen molar-refractivity contribution in [2.75, 3.05) is 0 Å². The van der Waals surface area contributed by atoms with Crippen molar-refractivity contribution in [1.82, 2.24) is 10.3 Å². The number of amides is 1. The lowest BCUT2D eigenvalue weighted by Crippen LogP contribution is -2.35. The molecule has 0 aliphatic heterocycles. The van der Waals surface area contributed by atoms with Crippen molar-refractivity contribution in [3.8, 4) is 11.8 Å². The zero-order valence-corrected chi connectivity index (χ0v) is 14.4. The molecule has 1 amide bonds. The molecule has 1 aliphatic rings. The first-order valence-corrected chi connectivity index (χ1v) is 8.28. The molecule has 1 aliphatic carbocycles. The molecule has 0 saturated carbocycles. The number of halogens is 2. The van der Waals surface area contributed by atoms with E-state index in [1.165, 1.54) is 6.07 Å². The molecule has 1 aromatic heterocycles. The molecule has 1 unspecified atom stereocenters. The minimum Gasteiger partial charge on any atom is -0.357 e. The predicted molar refractivity (Wildman–Crippen MR) is 95.2 cm³/mol. The van der Waals surface area contributed by atoms with E-state index < -0.39 is 0 Å². The Hall–Kier alpha value is -2.25. The fraction of sp³-hybridized carbons (Fsp3) is 0.316. The fourth-order valence-electron chi connectivity index (χ4n) is 3.24. The normalized spacial score (nSPS) is 17.2. The van der Waals surface area contributed by atoms with E-state index in [-0.39, 0.29) is 17.8 Å². The topological polar surface area (TPSA) is 44.9 Å². The lowest BCUT2D eigenvalue weighted by Gasteiger charge is -2.24. The van der Waals surface area contributed by atoms with Gasteiger partial charge in [-0.3, -0.25) is 4.79 Å². The SMILES string of the molecule is CC#CC(=O)NC1CCC=C(c2c(F)ccc3[nH]c(C)c(Cl)c23)C1. The molecule has 0 saturated heterocycles. The fourth-order valence-corrected chi connectivity index (χ4v) is 3.48. The van der Waals surface area contributed by atoms with Gasteiger partial charge in [-0.05, 0) is 56.7 Å². The van der Waals surface area contributed by atoms with Crippen LogP contribution < -0.4 is 5.32 Å². The number of aromatic nitrogens is 1. The van der Waals surface area contributed by atoms with Crippen LogP contribution in [0.3, 0.4) is 0 Å². The van der Waals surface area contributed by atoms with Gasteiger partial charge < -0.3 is 10.3 Å². The lowest BCUT2D eigenvalue weighted by molar-refractivity contribution is -0.116. The van der Waals surface area contributed by atoms with E-state index >= 15 is 0 Å². The van der Waals surface area contributed by atoms with Crippen molar-refractivity contribution < 1.29 is 9.18 Å². The summed E-state index contributed by atoms with van der Waals surface area (Å²) in [5.74, 6) is 4.48. The third-order valence-corrected chi connectivity index (χ3v) is 4.76. The summed E-state index contributed by atoms with van der Waals surface area (Å²) >= 11 is 6.39. The lowest BCUT2D eigenvalue weighted by atomic mass is 9.88. The van der Waals surface area contributed by atoms with Crippen LogP contribution in [0.4, 0.5) is 4.39 Å². The summed E-state index contributed by atoms with van der Waals surface area (Å²) in [6.45, 7) is 3.49. The molecule has 124 valence electrons. The Morgan fingerprint density at radius 1 is 1.46 bits per heavy atom. The Balaban J connectivity index is 1.98. The number of H-pyrrole nitrogens is 1. The molecule has 0 bridgehead atoms. The van der Waals surface area contributed by atoms with E-state index in [2.05, 4.69) is 22.1 Å². The zero-order chi connectivity index (χ0) is 17.3. The highest BCUT2D eigenvalue weighted by molar-refractivity contribution is 6.37. The molecular weight excluding hydrogens is 327 g/mol. The van der Waals surface area contributed by atoms with Crippen molar-refractivity contribution >= 4 is 34.0 Å². The van der Waals surface area contributed by atoms with Gasteiger partial charge >= 0.3 is 0 Å². The molecule has 1 aromatic carbocycles. The van der Waals surface area contributed by atoms with Gasteiger partial charge in [0, 0.05) is 28.2 Å². The average molecular weight is 345 g/mol. The second-order valence-electron chi connectivity index (χ2n) is 5.97. The summed E-state index contributed by atoms with van der Waals surface area (Å²) in [5, 5.41) is 4.14. The van der Waals surface area contributed by atoms with Gasteiger partial charge in [0.05, 0.1) is 5.02 Å². The molecule has 1 atom stereocenters. The molecule has 0 radical (unpaired) electrons. The van der Waals surface area contributed by atoms with Crippen LogP contribution in [0.25, 0.3) is 16.5 Å². The summed E-state index contributed by atoms with van der Waals surface area (Å²) in [4.78, 5) is 14.9. The van der Waals surface area contributed by atoms with Gasteiger partial charge in [-0.15, -0.1) is 0 Å². The highest BCUT2D eigenvalue weighted by atomic mass is 35.5.